The summed E-state index contributed by atoms with van der Waals surface area (Å²) in [5.41, 5.74) is 1.49. The molecule has 2 aromatic heterocycles. The second-order valence-corrected chi connectivity index (χ2v) is 7.47. The molecule has 122 valence electrons. The number of benzene rings is 1. The minimum Gasteiger partial charge on any atom is -0.337 e. The fourth-order valence-electron chi connectivity index (χ4n) is 3.29. The minimum atomic E-state index is 0.0296. The third kappa shape index (κ3) is 2.69. The van der Waals surface area contributed by atoms with Crippen molar-refractivity contribution in [2.75, 3.05) is 13.1 Å². The fourth-order valence-corrected chi connectivity index (χ4v) is 4.15. The maximum atomic E-state index is 12.8. The third-order valence-corrected chi connectivity index (χ3v) is 6.00. The standard InChI is InChI=1S/C19H19N3OS/c1-19(18-20-10-13-24-18)8-11-22(12-9-19)17(23)16-7-6-14-4-2-3-5-15(14)21-16/h2-7,10,13H,8-9,11-12H2,1H3. The lowest BCUT2D eigenvalue weighted by molar-refractivity contribution is 0.0670. The number of amides is 1. The Morgan fingerprint density at radius 3 is 2.71 bits per heavy atom. The molecule has 1 aliphatic rings. The van der Waals surface area contributed by atoms with Gasteiger partial charge in [-0.05, 0) is 25.0 Å². The molecule has 24 heavy (non-hydrogen) atoms. The summed E-state index contributed by atoms with van der Waals surface area (Å²) in [5, 5.41) is 4.26. The molecule has 3 heterocycles. The molecule has 1 fully saturated rings. The first-order valence-corrected chi connectivity index (χ1v) is 9.09. The highest BCUT2D eigenvalue weighted by Gasteiger charge is 2.35. The second kappa shape index (κ2) is 5.98. The van der Waals surface area contributed by atoms with Crippen LogP contribution in [0.1, 0.15) is 35.3 Å². The van der Waals surface area contributed by atoms with Crippen molar-refractivity contribution in [3.05, 3.63) is 58.7 Å². The van der Waals surface area contributed by atoms with Gasteiger partial charge in [0.1, 0.15) is 5.69 Å². The maximum Gasteiger partial charge on any atom is 0.272 e. The first-order chi connectivity index (χ1) is 11.7. The summed E-state index contributed by atoms with van der Waals surface area (Å²) < 4.78 is 0. The van der Waals surface area contributed by atoms with Gasteiger partial charge < -0.3 is 4.90 Å². The van der Waals surface area contributed by atoms with Gasteiger partial charge in [-0.1, -0.05) is 31.2 Å². The van der Waals surface area contributed by atoms with Crippen molar-refractivity contribution < 1.29 is 4.79 Å². The smallest absolute Gasteiger partial charge is 0.272 e. The molecule has 0 N–H and O–H groups in total. The zero-order chi connectivity index (χ0) is 16.6. The van der Waals surface area contributed by atoms with Crippen LogP contribution < -0.4 is 0 Å². The van der Waals surface area contributed by atoms with Crippen LogP contribution >= 0.6 is 11.3 Å². The van der Waals surface area contributed by atoms with Crippen molar-refractivity contribution in [3.63, 3.8) is 0 Å². The van der Waals surface area contributed by atoms with Gasteiger partial charge in [0.2, 0.25) is 0 Å². The van der Waals surface area contributed by atoms with Gasteiger partial charge in [0, 0.05) is 35.5 Å². The van der Waals surface area contributed by atoms with Gasteiger partial charge in [-0.3, -0.25) is 4.79 Å². The van der Waals surface area contributed by atoms with E-state index in [1.54, 1.807) is 11.3 Å². The number of nitrogens with zero attached hydrogens (tertiary/aromatic N) is 3. The molecule has 0 unspecified atom stereocenters. The number of aromatic nitrogens is 2. The Kier molecular flexibility index (Phi) is 3.81. The van der Waals surface area contributed by atoms with E-state index in [9.17, 15) is 4.79 Å². The number of piperidine rings is 1. The van der Waals surface area contributed by atoms with Crippen molar-refractivity contribution in [1.82, 2.24) is 14.9 Å². The van der Waals surface area contributed by atoms with Crippen LogP contribution in [-0.4, -0.2) is 33.9 Å². The molecule has 0 saturated carbocycles. The van der Waals surface area contributed by atoms with E-state index in [1.807, 2.05) is 52.9 Å². The predicted octanol–water partition coefficient (Wildman–Crippen LogP) is 3.89. The normalized spacial score (nSPS) is 17.1. The lowest BCUT2D eigenvalue weighted by atomic mass is 9.81. The highest BCUT2D eigenvalue weighted by molar-refractivity contribution is 7.09. The summed E-state index contributed by atoms with van der Waals surface area (Å²) in [6.45, 7) is 3.76. The molecule has 4 nitrogen and oxygen atoms in total. The van der Waals surface area contributed by atoms with Gasteiger partial charge in [-0.15, -0.1) is 11.3 Å². The number of pyridine rings is 1. The van der Waals surface area contributed by atoms with Gasteiger partial charge in [-0.25, -0.2) is 9.97 Å². The number of hydrogen-bond acceptors (Lipinski definition) is 4. The summed E-state index contributed by atoms with van der Waals surface area (Å²) in [7, 11) is 0. The number of likely N-dealkylation sites (tertiary alicyclic amines) is 1. The maximum absolute atomic E-state index is 12.8. The van der Waals surface area contributed by atoms with Crippen LogP contribution in [0.4, 0.5) is 0 Å². The molecule has 1 aliphatic heterocycles. The van der Waals surface area contributed by atoms with Crippen LogP contribution in [0, 0.1) is 0 Å². The molecule has 0 bridgehead atoms. The molecule has 0 atom stereocenters. The molecular weight excluding hydrogens is 318 g/mol. The summed E-state index contributed by atoms with van der Waals surface area (Å²) in [6, 6.07) is 11.7. The number of fused-ring (bicyclic) bond motifs is 1. The van der Waals surface area contributed by atoms with Crippen LogP contribution in [0.15, 0.2) is 48.0 Å². The Morgan fingerprint density at radius 2 is 1.96 bits per heavy atom. The average Bonchev–Trinajstić information content (AvgIpc) is 3.17. The zero-order valence-electron chi connectivity index (χ0n) is 13.6. The van der Waals surface area contributed by atoms with Gasteiger partial charge in [0.25, 0.3) is 5.91 Å². The van der Waals surface area contributed by atoms with Gasteiger partial charge in [0.15, 0.2) is 0 Å². The fraction of sp³-hybridized carbons (Fsp3) is 0.316. The average molecular weight is 337 g/mol. The van der Waals surface area contributed by atoms with Gasteiger partial charge in [-0.2, -0.15) is 0 Å². The highest BCUT2D eigenvalue weighted by Crippen LogP contribution is 2.36. The molecule has 0 spiro atoms. The summed E-state index contributed by atoms with van der Waals surface area (Å²) >= 11 is 1.71. The summed E-state index contributed by atoms with van der Waals surface area (Å²) in [6.07, 6.45) is 3.75. The van der Waals surface area contributed by atoms with E-state index in [-0.39, 0.29) is 11.3 Å². The number of carbonyl (C=O) groups is 1. The van der Waals surface area contributed by atoms with Crippen LogP contribution in [0.5, 0.6) is 0 Å². The molecule has 4 rings (SSSR count). The Labute approximate surface area is 145 Å². The first kappa shape index (κ1) is 15.3. The van der Waals surface area contributed by atoms with Gasteiger partial charge in [0.05, 0.1) is 10.5 Å². The molecule has 1 saturated heterocycles. The molecular formula is C19H19N3OS. The monoisotopic (exact) mass is 337 g/mol. The lowest BCUT2D eigenvalue weighted by Gasteiger charge is -2.38. The van der Waals surface area contributed by atoms with Crippen LogP contribution in [0.25, 0.3) is 10.9 Å². The second-order valence-electron chi connectivity index (χ2n) is 6.58. The molecule has 1 amide bonds. The Morgan fingerprint density at radius 1 is 1.17 bits per heavy atom. The van der Waals surface area contributed by atoms with E-state index < -0.39 is 0 Å². The Hall–Kier alpha value is -2.27. The predicted molar refractivity (Wildman–Crippen MR) is 96.3 cm³/mol. The number of rotatable bonds is 2. The van der Waals surface area contributed by atoms with Crippen molar-refractivity contribution in [2.24, 2.45) is 0 Å². The van der Waals surface area contributed by atoms with Crippen molar-refractivity contribution in [1.29, 1.82) is 0 Å². The largest absolute Gasteiger partial charge is 0.337 e. The summed E-state index contributed by atoms with van der Waals surface area (Å²) in [5.74, 6) is 0.0296. The quantitative estimate of drug-likeness (QED) is 0.713. The number of carbonyl (C=O) groups excluding carboxylic acids is 1. The lowest BCUT2D eigenvalue weighted by Crippen LogP contribution is -2.44. The van der Waals surface area contributed by atoms with E-state index in [0.29, 0.717) is 5.69 Å². The SMILES string of the molecule is CC1(c2nccs2)CCN(C(=O)c2ccc3ccccc3n2)CC1. The highest BCUT2D eigenvalue weighted by atomic mass is 32.1. The van der Waals surface area contributed by atoms with E-state index in [4.69, 9.17) is 0 Å². The van der Waals surface area contributed by atoms with Crippen LogP contribution in [0.3, 0.4) is 0 Å². The molecule has 5 heteroatoms. The number of para-hydroxylation sites is 1. The number of thiazole rings is 1. The molecule has 1 aromatic carbocycles. The van der Waals surface area contributed by atoms with Gasteiger partial charge >= 0.3 is 0 Å². The van der Waals surface area contributed by atoms with Crippen LogP contribution in [0.2, 0.25) is 0 Å². The molecule has 0 aliphatic carbocycles. The minimum absolute atomic E-state index is 0.0296. The van der Waals surface area contributed by atoms with Crippen molar-refractivity contribution >= 4 is 28.1 Å². The van der Waals surface area contributed by atoms with Crippen molar-refractivity contribution in [2.45, 2.75) is 25.2 Å². The Bertz CT molecular complexity index is 867. The molecule has 0 radical (unpaired) electrons. The van der Waals surface area contributed by atoms with E-state index in [0.717, 1.165) is 36.8 Å². The van der Waals surface area contributed by atoms with Crippen LogP contribution in [-0.2, 0) is 5.41 Å². The van der Waals surface area contributed by atoms with E-state index in [2.05, 4.69) is 16.9 Å². The third-order valence-electron chi connectivity index (χ3n) is 4.92. The van der Waals surface area contributed by atoms with E-state index >= 15 is 0 Å². The molecule has 3 aromatic rings. The summed E-state index contributed by atoms with van der Waals surface area (Å²) in [4.78, 5) is 23.7. The topological polar surface area (TPSA) is 46.1 Å². The zero-order valence-corrected chi connectivity index (χ0v) is 14.4. The van der Waals surface area contributed by atoms with E-state index in [1.165, 1.54) is 5.01 Å². The Balaban J connectivity index is 1.51. The number of hydrogen-bond donors (Lipinski definition) is 0. The first-order valence-electron chi connectivity index (χ1n) is 8.21. The van der Waals surface area contributed by atoms with Crippen molar-refractivity contribution in [3.8, 4) is 0 Å².